The predicted molar refractivity (Wildman–Crippen MR) is 67.8 cm³/mol. The van der Waals surface area contributed by atoms with Gasteiger partial charge in [0.25, 0.3) is 0 Å². The number of nitrogens with one attached hydrogen (secondary N) is 1. The highest BCUT2D eigenvalue weighted by Crippen LogP contribution is 2.18. The summed E-state index contributed by atoms with van der Waals surface area (Å²) in [5.74, 6) is 0.694. The molecule has 17 heavy (non-hydrogen) atoms. The van der Waals surface area contributed by atoms with Gasteiger partial charge in [0.1, 0.15) is 11.9 Å². The van der Waals surface area contributed by atoms with Crippen molar-refractivity contribution in [1.82, 2.24) is 10.2 Å². The minimum Gasteiger partial charge on any atom is -0.364 e. The number of hydrogen-bond donors (Lipinski definition) is 1. The van der Waals surface area contributed by atoms with Gasteiger partial charge in [0.05, 0.1) is 6.54 Å². The Morgan fingerprint density at radius 2 is 2.24 bits per heavy atom. The average Bonchev–Trinajstić information content (AvgIpc) is 2.84. The summed E-state index contributed by atoms with van der Waals surface area (Å²) in [6, 6.07) is 7.51. The van der Waals surface area contributed by atoms with Crippen LogP contribution in [0.3, 0.4) is 0 Å². The summed E-state index contributed by atoms with van der Waals surface area (Å²) in [6.45, 7) is 2.90. The smallest absolute Gasteiger partial charge is 0.163 e. The fourth-order valence-electron chi connectivity index (χ4n) is 1.49. The van der Waals surface area contributed by atoms with Crippen LogP contribution in [0, 0.1) is 11.3 Å². The van der Waals surface area contributed by atoms with Crippen LogP contribution >= 0.6 is 11.3 Å². The van der Waals surface area contributed by atoms with E-state index in [1.807, 2.05) is 6.07 Å². The lowest BCUT2D eigenvalue weighted by atomic mass is 10.2. The van der Waals surface area contributed by atoms with Gasteiger partial charge in [0.2, 0.25) is 0 Å². The Labute approximate surface area is 104 Å². The van der Waals surface area contributed by atoms with E-state index in [4.69, 9.17) is 5.26 Å². The second kappa shape index (κ2) is 5.41. The monoisotopic (exact) mass is 244 g/mol. The molecular formula is C12H12N4S. The van der Waals surface area contributed by atoms with Crippen LogP contribution in [0.5, 0.6) is 0 Å². The summed E-state index contributed by atoms with van der Waals surface area (Å²) >= 11 is 1.74. The minimum atomic E-state index is 0.334. The quantitative estimate of drug-likeness (QED) is 0.898. The first-order valence-corrected chi connectivity index (χ1v) is 6.24. The number of rotatable bonds is 4. The van der Waals surface area contributed by atoms with Gasteiger partial charge in [0, 0.05) is 4.88 Å². The molecule has 0 atom stereocenters. The van der Waals surface area contributed by atoms with Crippen molar-refractivity contribution in [1.29, 1.82) is 5.26 Å². The van der Waals surface area contributed by atoms with Crippen molar-refractivity contribution < 1.29 is 0 Å². The van der Waals surface area contributed by atoms with Crippen LogP contribution in [0.25, 0.3) is 0 Å². The van der Waals surface area contributed by atoms with E-state index in [0.29, 0.717) is 11.5 Å². The van der Waals surface area contributed by atoms with Gasteiger partial charge in [-0.25, -0.2) is 0 Å². The summed E-state index contributed by atoms with van der Waals surface area (Å²) in [4.78, 5) is 1.32. The Morgan fingerprint density at radius 3 is 2.88 bits per heavy atom. The molecule has 2 aromatic heterocycles. The fourth-order valence-corrected chi connectivity index (χ4v) is 2.41. The average molecular weight is 244 g/mol. The Bertz CT molecular complexity index is 524. The molecule has 0 unspecified atom stereocenters. The zero-order valence-corrected chi connectivity index (χ0v) is 10.3. The third kappa shape index (κ3) is 2.80. The first-order valence-electron chi connectivity index (χ1n) is 5.36. The second-order valence-corrected chi connectivity index (χ2v) is 4.49. The molecule has 2 aromatic rings. The Kier molecular flexibility index (Phi) is 3.68. The van der Waals surface area contributed by atoms with Crippen molar-refractivity contribution in [3.8, 4) is 6.07 Å². The first kappa shape index (κ1) is 11.6. The molecule has 5 heteroatoms. The Morgan fingerprint density at radius 1 is 1.35 bits per heavy atom. The van der Waals surface area contributed by atoms with Gasteiger partial charge >= 0.3 is 0 Å². The molecule has 0 aliphatic rings. The normalized spacial score (nSPS) is 9.88. The van der Waals surface area contributed by atoms with Gasteiger partial charge in [-0.05, 0) is 35.6 Å². The zero-order chi connectivity index (χ0) is 12.1. The molecule has 0 fully saturated rings. The zero-order valence-electron chi connectivity index (χ0n) is 9.47. The van der Waals surface area contributed by atoms with E-state index < -0.39 is 0 Å². The maximum atomic E-state index is 8.61. The number of aromatic nitrogens is 2. The largest absolute Gasteiger partial charge is 0.364 e. The Hall–Kier alpha value is -1.93. The van der Waals surface area contributed by atoms with Crippen molar-refractivity contribution in [2.75, 3.05) is 5.32 Å². The molecule has 86 valence electrons. The molecule has 0 spiro atoms. The maximum Gasteiger partial charge on any atom is 0.163 e. The third-order valence-corrected chi connectivity index (χ3v) is 3.39. The number of nitrogens with zero attached hydrogens (tertiary/aromatic N) is 3. The van der Waals surface area contributed by atoms with Crippen LogP contribution in [-0.4, -0.2) is 10.2 Å². The lowest BCUT2D eigenvalue weighted by Gasteiger charge is -2.04. The predicted octanol–water partition coefficient (Wildman–Crippen LogP) is 2.58. The highest BCUT2D eigenvalue weighted by Gasteiger charge is 2.03. The van der Waals surface area contributed by atoms with E-state index in [1.54, 1.807) is 23.5 Å². The molecule has 0 amide bonds. The first-order chi connectivity index (χ1) is 8.33. The highest BCUT2D eigenvalue weighted by molar-refractivity contribution is 7.10. The molecule has 2 heterocycles. The molecule has 4 nitrogen and oxygen atoms in total. The van der Waals surface area contributed by atoms with Crippen molar-refractivity contribution >= 4 is 17.2 Å². The van der Waals surface area contributed by atoms with Crippen LogP contribution in [0.2, 0.25) is 0 Å². The minimum absolute atomic E-state index is 0.334. The van der Waals surface area contributed by atoms with Gasteiger partial charge in [-0.2, -0.15) is 5.26 Å². The number of nitriles is 1. The van der Waals surface area contributed by atoms with Gasteiger partial charge in [-0.15, -0.1) is 21.5 Å². The van der Waals surface area contributed by atoms with Crippen LogP contribution in [-0.2, 0) is 13.0 Å². The van der Waals surface area contributed by atoms with E-state index in [1.165, 1.54) is 10.4 Å². The summed E-state index contributed by atoms with van der Waals surface area (Å²) in [6.07, 6.45) is 1.04. The summed E-state index contributed by atoms with van der Waals surface area (Å²) in [5, 5.41) is 21.6. The fraction of sp³-hybridized carbons (Fsp3) is 0.250. The topological polar surface area (TPSA) is 61.6 Å². The van der Waals surface area contributed by atoms with Crippen LogP contribution in [0.15, 0.2) is 23.6 Å². The SMILES string of the molecule is CCc1ccsc1CNc1ccc(C#N)nn1. The van der Waals surface area contributed by atoms with E-state index in [0.717, 1.165) is 13.0 Å². The number of anilines is 1. The van der Waals surface area contributed by atoms with E-state index >= 15 is 0 Å². The molecule has 0 aliphatic carbocycles. The molecule has 0 saturated heterocycles. The van der Waals surface area contributed by atoms with Crippen molar-refractivity contribution in [3.05, 3.63) is 39.7 Å². The van der Waals surface area contributed by atoms with E-state index in [2.05, 4.69) is 33.9 Å². The summed E-state index contributed by atoms with van der Waals surface area (Å²) in [7, 11) is 0. The van der Waals surface area contributed by atoms with Gasteiger partial charge in [-0.1, -0.05) is 6.92 Å². The number of aryl methyl sites for hydroxylation is 1. The number of thiophene rings is 1. The third-order valence-electron chi connectivity index (χ3n) is 2.43. The molecule has 0 aliphatic heterocycles. The molecule has 0 aromatic carbocycles. The van der Waals surface area contributed by atoms with Gasteiger partial charge in [0.15, 0.2) is 5.69 Å². The highest BCUT2D eigenvalue weighted by atomic mass is 32.1. The van der Waals surface area contributed by atoms with Crippen LogP contribution < -0.4 is 5.32 Å². The second-order valence-electron chi connectivity index (χ2n) is 3.49. The van der Waals surface area contributed by atoms with Gasteiger partial charge < -0.3 is 5.32 Å². The van der Waals surface area contributed by atoms with Crippen LogP contribution in [0.4, 0.5) is 5.82 Å². The van der Waals surface area contributed by atoms with Crippen molar-refractivity contribution in [2.24, 2.45) is 0 Å². The maximum absolute atomic E-state index is 8.61. The molecule has 0 radical (unpaired) electrons. The summed E-state index contributed by atoms with van der Waals surface area (Å²) < 4.78 is 0. The summed E-state index contributed by atoms with van der Waals surface area (Å²) in [5.41, 5.74) is 1.70. The lowest BCUT2D eigenvalue weighted by molar-refractivity contribution is 0.983. The van der Waals surface area contributed by atoms with Crippen LogP contribution in [0.1, 0.15) is 23.1 Å². The molecular weight excluding hydrogens is 232 g/mol. The Balaban J connectivity index is 2.00. The molecule has 0 saturated carbocycles. The molecule has 2 rings (SSSR count). The molecule has 1 N–H and O–H groups in total. The lowest BCUT2D eigenvalue weighted by Crippen LogP contribution is -2.02. The standard InChI is InChI=1S/C12H12N4S/c1-2-9-5-6-17-11(9)8-14-12-4-3-10(7-13)15-16-12/h3-6H,2,8H2,1H3,(H,14,16). The van der Waals surface area contributed by atoms with Crippen molar-refractivity contribution in [2.45, 2.75) is 19.9 Å². The van der Waals surface area contributed by atoms with Gasteiger partial charge in [-0.3, -0.25) is 0 Å². The van der Waals surface area contributed by atoms with Crippen molar-refractivity contribution in [3.63, 3.8) is 0 Å². The number of hydrogen-bond acceptors (Lipinski definition) is 5. The van der Waals surface area contributed by atoms with E-state index in [-0.39, 0.29) is 0 Å². The van der Waals surface area contributed by atoms with E-state index in [9.17, 15) is 0 Å². The molecule has 0 bridgehead atoms.